The molecule has 1 heteroatoms. The van der Waals surface area contributed by atoms with Gasteiger partial charge in [0.05, 0.1) is 0 Å². The summed E-state index contributed by atoms with van der Waals surface area (Å²) in [5.74, 6) is 0. The maximum atomic E-state index is 5.98. The largest absolute Gasteiger partial charge is 0.399 e. The van der Waals surface area contributed by atoms with Crippen molar-refractivity contribution in [3.63, 3.8) is 0 Å². The summed E-state index contributed by atoms with van der Waals surface area (Å²) >= 11 is 0. The van der Waals surface area contributed by atoms with Crippen molar-refractivity contribution in [3.8, 4) is 22.3 Å². The average molecular weight is 217 g/mol. The van der Waals surface area contributed by atoms with E-state index < -0.39 is 0 Å². The fourth-order valence-corrected chi connectivity index (χ4v) is 2.84. The fraction of sp³-hybridized carbons (Fsp3) is 0. The SMILES string of the molecule is Nc1cc2c3c(cccc3c1)-c1ccccc1-2. The molecule has 1 aliphatic rings. The zero-order chi connectivity index (χ0) is 11.4. The van der Waals surface area contributed by atoms with Crippen molar-refractivity contribution < 1.29 is 0 Å². The Morgan fingerprint density at radius 2 is 1.35 bits per heavy atom. The molecule has 1 aliphatic carbocycles. The zero-order valence-corrected chi connectivity index (χ0v) is 9.27. The highest BCUT2D eigenvalue weighted by atomic mass is 14.5. The lowest BCUT2D eigenvalue weighted by Crippen LogP contribution is -1.85. The number of nitrogens with two attached hydrogens (primary N) is 1. The summed E-state index contributed by atoms with van der Waals surface area (Å²) in [5.41, 5.74) is 12.0. The summed E-state index contributed by atoms with van der Waals surface area (Å²) in [6.07, 6.45) is 0. The smallest absolute Gasteiger partial charge is 0.0326 e. The fourth-order valence-electron chi connectivity index (χ4n) is 2.84. The highest BCUT2D eigenvalue weighted by Gasteiger charge is 2.20. The van der Waals surface area contributed by atoms with Crippen LogP contribution < -0.4 is 5.73 Å². The normalized spacial score (nSPS) is 11.8. The lowest BCUT2D eigenvalue weighted by atomic mass is 10.0. The Hall–Kier alpha value is -2.28. The summed E-state index contributed by atoms with van der Waals surface area (Å²) in [5, 5.41) is 2.57. The van der Waals surface area contributed by atoms with Crippen molar-refractivity contribution in [1.29, 1.82) is 0 Å². The van der Waals surface area contributed by atoms with Crippen LogP contribution in [-0.2, 0) is 0 Å². The van der Waals surface area contributed by atoms with Crippen LogP contribution in [0.4, 0.5) is 5.69 Å². The minimum absolute atomic E-state index is 0.835. The van der Waals surface area contributed by atoms with Gasteiger partial charge in [0, 0.05) is 5.69 Å². The molecule has 0 atom stereocenters. The third-order valence-electron chi connectivity index (χ3n) is 3.51. The Morgan fingerprint density at radius 1 is 0.647 bits per heavy atom. The van der Waals surface area contributed by atoms with Gasteiger partial charge in [-0.2, -0.15) is 0 Å². The summed E-state index contributed by atoms with van der Waals surface area (Å²) in [6, 6.07) is 19.1. The standard InChI is InChI=1S/C16H11N/c17-11-8-10-4-3-7-14-12-5-1-2-6-13(12)15(9-11)16(10)14/h1-9H,17H2. The number of hydrogen-bond donors (Lipinski definition) is 1. The molecule has 0 fully saturated rings. The van der Waals surface area contributed by atoms with E-state index in [4.69, 9.17) is 5.73 Å². The van der Waals surface area contributed by atoms with Gasteiger partial charge in [-0.05, 0) is 45.2 Å². The second kappa shape index (κ2) is 2.89. The first-order valence-electron chi connectivity index (χ1n) is 5.76. The molecule has 80 valence electrons. The van der Waals surface area contributed by atoms with E-state index in [0.717, 1.165) is 5.69 Å². The van der Waals surface area contributed by atoms with Gasteiger partial charge in [-0.15, -0.1) is 0 Å². The number of nitrogen functional groups attached to an aromatic ring is 1. The van der Waals surface area contributed by atoms with Crippen LogP contribution in [0.25, 0.3) is 33.0 Å². The van der Waals surface area contributed by atoms with Crippen molar-refractivity contribution >= 4 is 16.5 Å². The molecule has 0 spiro atoms. The molecule has 0 radical (unpaired) electrons. The van der Waals surface area contributed by atoms with Crippen molar-refractivity contribution in [2.24, 2.45) is 0 Å². The van der Waals surface area contributed by atoms with Gasteiger partial charge in [0.1, 0.15) is 0 Å². The van der Waals surface area contributed by atoms with Gasteiger partial charge in [-0.1, -0.05) is 42.5 Å². The third-order valence-corrected chi connectivity index (χ3v) is 3.51. The van der Waals surface area contributed by atoms with Gasteiger partial charge in [0.15, 0.2) is 0 Å². The van der Waals surface area contributed by atoms with E-state index >= 15 is 0 Å². The molecule has 0 unspecified atom stereocenters. The van der Waals surface area contributed by atoms with Crippen LogP contribution in [0, 0.1) is 0 Å². The second-order valence-corrected chi connectivity index (χ2v) is 4.52. The van der Waals surface area contributed by atoms with Gasteiger partial charge >= 0.3 is 0 Å². The average Bonchev–Trinajstić information content (AvgIpc) is 2.67. The van der Waals surface area contributed by atoms with E-state index in [2.05, 4.69) is 48.5 Å². The van der Waals surface area contributed by atoms with Crippen LogP contribution in [0.2, 0.25) is 0 Å². The predicted octanol–water partition coefficient (Wildman–Crippen LogP) is 4.07. The third kappa shape index (κ3) is 1.03. The number of benzene rings is 3. The molecule has 3 aromatic carbocycles. The number of rotatable bonds is 0. The monoisotopic (exact) mass is 217 g/mol. The second-order valence-electron chi connectivity index (χ2n) is 4.52. The Bertz CT molecular complexity index is 757. The Kier molecular flexibility index (Phi) is 1.50. The van der Waals surface area contributed by atoms with Crippen molar-refractivity contribution in [1.82, 2.24) is 0 Å². The van der Waals surface area contributed by atoms with Crippen LogP contribution in [0.3, 0.4) is 0 Å². The molecule has 0 heterocycles. The molecule has 0 amide bonds. The van der Waals surface area contributed by atoms with Gasteiger partial charge in [-0.25, -0.2) is 0 Å². The first kappa shape index (κ1) is 8.82. The summed E-state index contributed by atoms with van der Waals surface area (Å²) in [4.78, 5) is 0. The zero-order valence-electron chi connectivity index (χ0n) is 9.27. The first-order chi connectivity index (χ1) is 8.34. The molecule has 0 bridgehead atoms. The minimum atomic E-state index is 0.835. The Labute approximate surface area is 99.5 Å². The molecule has 17 heavy (non-hydrogen) atoms. The first-order valence-corrected chi connectivity index (χ1v) is 5.76. The van der Waals surface area contributed by atoms with E-state index in [0.29, 0.717) is 0 Å². The molecule has 4 rings (SSSR count). The molecule has 0 aliphatic heterocycles. The quantitative estimate of drug-likeness (QED) is 0.441. The Morgan fingerprint density at radius 3 is 2.18 bits per heavy atom. The number of hydrogen-bond acceptors (Lipinski definition) is 1. The van der Waals surface area contributed by atoms with E-state index in [1.54, 1.807) is 0 Å². The number of anilines is 1. The molecular weight excluding hydrogens is 206 g/mol. The molecule has 2 N–H and O–H groups in total. The van der Waals surface area contributed by atoms with Gasteiger partial charge < -0.3 is 5.73 Å². The topological polar surface area (TPSA) is 26.0 Å². The molecule has 1 nitrogen and oxygen atoms in total. The van der Waals surface area contributed by atoms with Crippen LogP contribution in [-0.4, -0.2) is 0 Å². The van der Waals surface area contributed by atoms with E-state index in [9.17, 15) is 0 Å². The highest BCUT2D eigenvalue weighted by Crippen LogP contribution is 2.47. The predicted molar refractivity (Wildman–Crippen MR) is 72.8 cm³/mol. The van der Waals surface area contributed by atoms with Crippen LogP contribution in [0.1, 0.15) is 0 Å². The van der Waals surface area contributed by atoms with Crippen LogP contribution in [0.15, 0.2) is 54.6 Å². The van der Waals surface area contributed by atoms with Gasteiger partial charge in [0.25, 0.3) is 0 Å². The molecule has 3 aromatic rings. The van der Waals surface area contributed by atoms with Crippen molar-refractivity contribution in [2.45, 2.75) is 0 Å². The Balaban J connectivity index is 2.30. The molecule has 0 saturated heterocycles. The van der Waals surface area contributed by atoms with Crippen LogP contribution in [0.5, 0.6) is 0 Å². The van der Waals surface area contributed by atoms with Gasteiger partial charge in [0.2, 0.25) is 0 Å². The summed E-state index contributed by atoms with van der Waals surface area (Å²) in [6.45, 7) is 0. The minimum Gasteiger partial charge on any atom is -0.399 e. The van der Waals surface area contributed by atoms with Gasteiger partial charge in [-0.3, -0.25) is 0 Å². The maximum Gasteiger partial charge on any atom is 0.0326 e. The summed E-state index contributed by atoms with van der Waals surface area (Å²) < 4.78 is 0. The van der Waals surface area contributed by atoms with Crippen molar-refractivity contribution in [3.05, 3.63) is 54.6 Å². The van der Waals surface area contributed by atoms with Crippen LogP contribution >= 0.6 is 0 Å². The molecular formula is C16H11N. The van der Waals surface area contributed by atoms with E-state index in [1.807, 2.05) is 6.07 Å². The molecule has 0 saturated carbocycles. The maximum absolute atomic E-state index is 5.98. The lowest BCUT2D eigenvalue weighted by molar-refractivity contribution is 1.69. The van der Waals surface area contributed by atoms with Crippen molar-refractivity contribution in [2.75, 3.05) is 5.73 Å². The highest BCUT2D eigenvalue weighted by molar-refractivity contribution is 6.16. The summed E-state index contributed by atoms with van der Waals surface area (Å²) in [7, 11) is 0. The number of fused-ring (bicyclic) bond motifs is 3. The van der Waals surface area contributed by atoms with E-state index in [1.165, 1.54) is 33.0 Å². The lowest BCUT2D eigenvalue weighted by Gasteiger charge is -2.03. The molecule has 0 aromatic heterocycles. The van der Waals surface area contributed by atoms with E-state index in [-0.39, 0.29) is 0 Å².